The van der Waals surface area contributed by atoms with Gasteiger partial charge in [0.2, 0.25) is 0 Å². The van der Waals surface area contributed by atoms with Crippen LogP contribution in [0.3, 0.4) is 0 Å². The van der Waals surface area contributed by atoms with Gasteiger partial charge in [-0.05, 0) is 43.0 Å². The van der Waals surface area contributed by atoms with Crippen LogP contribution in [0.1, 0.15) is 12.8 Å². The van der Waals surface area contributed by atoms with Crippen LogP contribution in [0.2, 0.25) is 5.02 Å². The Bertz CT molecular complexity index is 1040. The third-order valence-electron chi connectivity index (χ3n) is 4.96. The molecular weight excluding hydrogens is 388 g/mol. The maximum absolute atomic E-state index is 14.1. The van der Waals surface area contributed by atoms with Crippen LogP contribution in [0.25, 0.3) is 11.0 Å². The smallest absolute Gasteiger partial charge is 0.266 e. The van der Waals surface area contributed by atoms with Crippen LogP contribution in [0, 0.1) is 17.6 Å². The van der Waals surface area contributed by atoms with E-state index in [4.69, 9.17) is 16.3 Å². The van der Waals surface area contributed by atoms with Gasteiger partial charge in [-0.15, -0.1) is 0 Å². The number of benzene rings is 2. The van der Waals surface area contributed by atoms with E-state index in [2.05, 4.69) is 9.97 Å². The number of aromatic amines is 1. The fourth-order valence-corrected chi connectivity index (χ4v) is 3.72. The molecule has 2 aromatic carbocycles. The molecule has 5 nitrogen and oxygen atoms in total. The number of piperidine rings is 1. The molecule has 3 aromatic rings. The third-order valence-corrected chi connectivity index (χ3v) is 5.18. The Morgan fingerprint density at radius 3 is 2.64 bits per heavy atom. The molecule has 2 heterocycles. The van der Waals surface area contributed by atoms with Gasteiger partial charge in [-0.1, -0.05) is 17.7 Å². The number of halogens is 3. The van der Waals surface area contributed by atoms with Crippen LogP contribution in [0.5, 0.6) is 5.75 Å². The number of hydrogen-bond acceptors (Lipinski definition) is 4. The summed E-state index contributed by atoms with van der Waals surface area (Å²) in [7, 11) is 0. The summed E-state index contributed by atoms with van der Waals surface area (Å²) in [6.45, 7) is 1.50. The standard InChI is InChI=1S/C20H18ClF2N3O2/c21-13-8-14(22)20(15(23)9-13)26-6-4-12(5-7-26)11-28-17-3-1-2-16-19(17)25-18(27)10-24-16/h1-3,8-10,12H,4-7,11H2,(H,25,27). The van der Waals surface area contributed by atoms with Crippen molar-refractivity contribution in [2.24, 2.45) is 5.92 Å². The molecular formula is C20H18ClF2N3O2. The van der Waals surface area contributed by atoms with E-state index in [1.807, 2.05) is 6.07 Å². The van der Waals surface area contributed by atoms with Crippen molar-refractivity contribution in [3.63, 3.8) is 0 Å². The van der Waals surface area contributed by atoms with Crippen LogP contribution in [0.15, 0.2) is 41.3 Å². The molecule has 28 heavy (non-hydrogen) atoms. The maximum atomic E-state index is 14.1. The largest absolute Gasteiger partial charge is 0.491 e. The monoisotopic (exact) mass is 405 g/mol. The number of H-pyrrole nitrogens is 1. The number of ether oxygens (including phenoxy) is 1. The van der Waals surface area contributed by atoms with Crippen molar-refractivity contribution in [3.8, 4) is 5.75 Å². The number of para-hydroxylation sites is 1. The lowest BCUT2D eigenvalue weighted by molar-refractivity contribution is 0.224. The van der Waals surface area contributed by atoms with Gasteiger partial charge in [-0.2, -0.15) is 0 Å². The molecule has 8 heteroatoms. The highest BCUT2D eigenvalue weighted by molar-refractivity contribution is 6.30. The molecule has 1 aromatic heterocycles. The normalized spacial score (nSPS) is 15.2. The van der Waals surface area contributed by atoms with E-state index in [1.54, 1.807) is 17.0 Å². The first-order chi connectivity index (χ1) is 13.5. The average molecular weight is 406 g/mol. The van der Waals surface area contributed by atoms with Crippen molar-refractivity contribution in [2.75, 3.05) is 24.6 Å². The topological polar surface area (TPSA) is 58.2 Å². The summed E-state index contributed by atoms with van der Waals surface area (Å²) in [6, 6.07) is 7.66. The van der Waals surface area contributed by atoms with Crippen molar-refractivity contribution < 1.29 is 13.5 Å². The summed E-state index contributed by atoms with van der Waals surface area (Å²) in [5.41, 5.74) is 0.906. The number of rotatable bonds is 4. The van der Waals surface area contributed by atoms with E-state index in [1.165, 1.54) is 6.20 Å². The summed E-state index contributed by atoms with van der Waals surface area (Å²) in [4.78, 5) is 20.1. The summed E-state index contributed by atoms with van der Waals surface area (Å²) < 4.78 is 34.2. The first kappa shape index (κ1) is 18.7. The van der Waals surface area contributed by atoms with Crippen LogP contribution >= 0.6 is 11.6 Å². The molecule has 0 spiro atoms. The molecule has 0 radical (unpaired) electrons. The highest BCUT2D eigenvalue weighted by atomic mass is 35.5. The molecule has 0 amide bonds. The maximum Gasteiger partial charge on any atom is 0.266 e. The molecule has 1 saturated heterocycles. The van der Waals surface area contributed by atoms with Gasteiger partial charge in [0.05, 0.1) is 18.3 Å². The van der Waals surface area contributed by atoms with Crippen molar-refractivity contribution in [1.82, 2.24) is 9.97 Å². The van der Waals surface area contributed by atoms with Gasteiger partial charge in [0.25, 0.3) is 5.56 Å². The Morgan fingerprint density at radius 1 is 1.21 bits per heavy atom. The number of anilines is 1. The predicted octanol–water partition coefficient (Wildman–Crippen LogP) is 4.15. The van der Waals surface area contributed by atoms with Gasteiger partial charge in [0, 0.05) is 18.1 Å². The van der Waals surface area contributed by atoms with E-state index in [-0.39, 0.29) is 22.2 Å². The number of nitrogens with zero attached hydrogens (tertiary/aromatic N) is 2. The van der Waals surface area contributed by atoms with Gasteiger partial charge in [-0.25, -0.2) is 13.8 Å². The zero-order valence-electron chi connectivity index (χ0n) is 14.9. The second-order valence-electron chi connectivity index (χ2n) is 6.86. The van der Waals surface area contributed by atoms with Crippen molar-refractivity contribution >= 4 is 28.3 Å². The molecule has 0 atom stereocenters. The SMILES string of the molecule is O=c1cnc2cccc(OCC3CCN(c4c(F)cc(Cl)cc4F)CC3)c2[nH]1. The molecule has 0 saturated carbocycles. The first-order valence-electron chi connectivity index (χ1n) is 9.01. The van der Waals surface area contributed by atoms with E-state index < -0.39 is 11.6 Å². The summed E-state index contributed by atoms with van der Waals surface area (Å²) in [5.74, 6) is -0.480. The van der Waals surface area contributed by atoms with E-state index in [9.17, 15) is 13.6 Å². The Balaban J connectivity index is 1.41. The molecule has 1 fully saturated rings. The number of hydrogen-bond donors (Lipinski definition) is 1. The lowest BCUT2D eigenvalue weighted by Gasteiger charge is -2.33. The zero-order valence-corrected chi connectivity index (χ0v) is 15.7. The minimum Gasteiger partial charge on any atom is -0.491 e. The lowest BCUT2D eigenvalue weighted by atomic mass is 9.97. The minimum atomic E-state index is -0.646. The van der Waals surface area contributed by atoms with Gasteiger partial charge in [0.1, 0.15) is 17.0 Å². The average Bonchev–Trinajstić information content (AvgIpc) is 2.66. The summed E-state index contributed by atoms with van der Waals surface area (Å²) in [5, 5.41) is 0.0460. The highest BCUT2D eigenvalue weighted by Crippen LogP contribution is 2.31. The molecule has 0 bridgehead atoms. The number of fused-ring (bicyclic) bond motifs is 1. The molecule has 146 valence electrons. The lowest BCUT2D eigenvalue weighted by Crippen LogP contribution is -2.36. The van der Waals surface area contributed by atoms with Crippen molar-refractivity contribution in [1.29, 1.82) is 0 Å². The quantitative estimate of drug-likeness (QED) is 0.708. The van der Waals surface area contributed by atoms with E-state index in [0.29, 0.717) is 36.5 Å². The van der Waals surface area contributed by atoms with Gasteiger partial charge in [0.15, 0.2) is 11.6 Å². The Labute approximate surface area is 164 Å². The van der Waals surface area contributed by atoms with Gasteiger partial charge in [-0.3, -0.25) is 4.79 Å². The molecule has 1 aliphatic heterocycles. The van der Waals surface area contributed by atoms with Crippen molar-refractivity contribution in [3.05, 3.63) is 63.5 Å². The summed E-state index contributed by atoms with van der Waals surface area (Å²) in [6.07, 6.45) is 2.71. The Morgan fingerprint density at radius 2 is 1.93 bits per heavy atom. The molecule has 4 rings (SSSR count). The summed E-state index contributed by atoms with van der Waals surface area (Å²) >= 11 is 5.69. The minimum absolute atomic E-state index is 0.0264. The van der Waals surface area contributed by atoms with E-state index >= 15 is 0 Å². The van der Waals surface area contributed by atoms with E-state index in [0.717, 1.165) is 25.0 Å². The predicted molar refractivity (Wildman–Crippen MR) is 104 cm³/mol. The van der Waals surface area contributed by atoms with Crippen LogP contribution in [0.4, 0.5) is 14.5 Å². The second kappa shape index (κ2) is 7.75. The fraction of sp³-hybridized carbons (Fsp3) is 0.300. The van der Waals surface area contributed by atoms with Gasteiger partial charge >= 0.3 is 0 Å². The molecule has 1 aliphatic rings. The highest BCUT2D eigenvalue weighted by Gasteiger charge is 2.24. The Kier molecular flexibility index (Phi) is 5.17. The zero-order chi connectivity index (χ0) is 19.7. The fourth-order valence-electron chi connectivity index (χ4n) is 3.52. The Hall–Kier alpha value is -2.67. The van der Waals surface area contributed by atoms with Crippen molar-refractivity contribution in [2.45, 2.75) is 12.8 Å². The van der Waals surface area contributed by atoms with Crippen LogP contribution < -0.4 is 15.2 Å². The molecule has 1 N–H and O–H groups in total. The van der Waals surface area contributed by atoms with Gasteiger partial charge < -0.3 is 14.6 Å². The first-order valence-corrected chi connectivity index (χ1v) is 9.39. The third kappa shape index (κ3) is 3.80. The van der Waals surface area contributed by atoms with Crippen LogP contribution in [-0.2, 0) is 0 Å². The van der Waals surface area contributed by atoms with Crippen LogP contribution in [-0.4, -0.2) is 29.7 Å². The second-order valence-corrected chi connectivity index (χ2v) is 7.29. The number of aromatic nitrogens is 2. The molecule has 0 aliphatic carbocycles. The number of nitrogens with one attached hydrogen (secondary N) is 1. The molecule has 0 unspecified atom stereocenters.